The fourth-order valence-electron chi connectivity index (χ4n) is 1.67. The molecule has 0 aromatic carbocycles. The average molecular weight is 191 g/mol. The predicted molar refractivity (Wildman–Crippen MR) is 52.0 cm³/mol. The summed E-state index contributed by atoms with van der Waals surface area (Å²) in [6.45, 7) is 2.55. The number of carbonyl (C=O) groups is 1. The van der Waals surface area contributed by atoms with Gasteiger partial charge in [-0.1, -0.05) is 0 Å². The molecule has 4 heteroatoms. The van der Waals surface area contributed by atoms with Crippen LogP contribution in [0.4, 0.5) is 0 Å². The van der Waals surface area contributed by atoms with E-state index < -0.39 is 0 Å². The van der Waals surface area contributed by atoms with Crippen LogP contribution < -0.4 is 0 Å². The summed E-state index contributed by atoms with van der Waals surface area (Å²) in [7, 11) is 0. The number of hydrogen-bond acceptors (Lipinski definition) is 4. The standard InChI is InChI=1S/C10H13N3O/c14-10(8-13-5-1-2-6-13)9-7-11-3-4-12-9/h3-4,7H,1-2,5-6,8H2. The van der Waals surface area contributed by atoms with Gasteiger partial charge in [-0.25, -0.2) is 4.98 Å². The summed E-state index contributed by atoms with van der Waals surface area (Å²) in [6, 6.07) is 0. The first-order chi connectivity index (χ1) is 6.86. The van der Waals surface area contributed by atoms with E-state index in [-0.39, 0.29) is 5.78 Å². The maximum Gasteiger partial charge on any atom is 0.196 e. The van der Waals surface area contributed by atoms with Gasteiger partial charge in [0.05, 0.1) is 12.7 Å². The van der Waals surface area contributed by atoms with Crippen LogP contribution in [0.2, 0.25) is 0 Å². The first-order valence-corrected chi connectivity index (χ1v) is 4.88. The molecule has 0 N–H and O–H groups in total. The SMILES string of the molecule is O=C(CN1CCCC1)c1cnccn1. The molecule has 1 aliphatic rings. The quantitative estimate of drug-likeness (QED) is 0.661. The summed E-state index contributed by atoms with van der Waals surface area (Å²) in [5, 5.41) is 0. The van der Waals surface area contributed by atoms with Gasteiger partial charge in [0.1, 0.15) is 5.69 Å². The lowest BCUT2D eigenvalue weighted by atomic mass is 10.3. The molecular formula is C10H13N3O. The molecule has 1 saturated heterocycles. The number of likely N-dealkylation sites (tertiary alicyclic amines) is 1. The van der Waals surface area contributed by atoms with E-state index in [0.717, 1.165) is 13.1 Å². The molecule has 0 saturated carbocycles. The van der Waals surface area contributed by atoms with Crippen LogP contribution in [0.25, 0.3) is 0 Å². The molecule has 0 amide bonds. The monoisotopic (exact) mass is 191 g/mol. The lowest BCUT2D eigenvalue weighted by molar-refractivity contribution is 0.0940. The average Bonchev–Trinajstić information content (AvgIpc) is 2.72. The Morgan fingerprint density at radius 1 is 1.36 bits per heavy atom. The fourth-order valence-corrected chi connectivity index (χ4v) is 1.67. The summed E-state index contributed by atoms with van der Waals surface area (Å²) in [5.41, 5.74) is 0.472. The molecule has 0 unspecified atom stereocenters. The van der Waals surface area contributed by atoms with Gasteiger partial charge in [0.2, 0.25) is 0 Å². The van der Waals surface area contributed by atoms with Crippen molar-refractivity contribution in [3.63, 3.8) is 0 Å². The van der Waals surface area contributed by atoms with Gasteiger partial charge in [0, 0.05) is 12.4 Å². The highest BCUT2D eigenvalue weighted by atomic mass is 16.1. The van der Waals surface area contributed by atoms with E-state index in [2.05, 4.69) is 14.9 Å². The Morgan fingerprint density at radius 3 is 2.79 bits per heavy atom. The normalized spacial score (nSPS) is 17.1. The Hall–Kier alpha value is -1.29. The molecule has 2 rings (SSSR count). The van der Waals surface area contributed by atoms with Gasteiger partial charge in [-0.05, 0) is 25.9 Å². The molecule has 0 bridgehead atoms. The van der Waals surface area contributed by atoms with Gasteiger partial charge in [0.15, 0.2) is 5.78 Å². The van der Waals surface area contributed by atoms with Crippen LogP contribution in [0, 0.1) is 0 Å². The molecule has 0 aliphatic carbocycles. The van der Waals surface area contributed by atoms with Crippen LogP contribution in [0.15, 0.2) is 18.6 Å². The summed E-state index contributed by atoms with van der Waals surface area (Å²) < 4.78 is 0. The summed E-state index contributed by atoms with van der Waals surface area (Å²) in [4.78, 5) is 21.7. The van der Waals surface area contributed by atoms with Crippen molar-refractivity contribution in [1.82, 2.24) is 14.9 Å². The molecule has 4 nitrogen and oxygen atoms in total. The Kier molecular flexibility index (Phi) is 2.84. The molecule has 1 aliphatic heterocycles. The predicted octanol–water partition coefficient (Wildman–Crippen LogP) is 0.755. The highest BCUT2D eigenvalue weighted by Gasteiger charge is 2.16. The number of Topliss-reactive ketones (excluding diaryl/α,β-unsaturated/α-hetero) is 1. The van der Waals surface area contributed by atoms with Crippen LogP contribution in [0.1, 0.15) is 23.3 Å². The van der Waals surface area contributed by atoms with E-state index in [1.807, 2.05) is 0 Å². The maximum absolute atomic E-state index is 11.7. The van der Waals surface area contributed by atoms with E-state index in [1.54, 1.807) is 12.4 Å². The van der Waals surface area contributed by atoms with Gasteiger partial charge in [0.25, 0.3) is 0 Å². The minimum atomic E-state index is 0.0694. The topological polar surface area (TPSA) is 46.1 Å². The molecule has 0 spiro atoms. The van der Waals surface area contributed by atoms with Gasteiger partial charge >= 0.3 is 0 Å². The van der Waals surface area contributed by atoms with Gasteiger partial charge in [-0.2, -0.15) is 0 Å². The Labute approximate surface area is 83.0 Å². The van der Waals surface area contributed by atoms with Gasteiger partial charge < -0.3 is 0 Å². The minimum absolute atomic E-state index is 0.0694. The molecular weight excluding hydrogens is 178 g/mol. The highest BCUT2D eigenvalue weighted by Crippen LogP contribution is 2.07. The maximum atomic E-state index is 11.7. The Bertz CT molecular complexity index is 306. The molecule has 0 radical (unpaired) electrons. The number of rotatable bonds is 3. The van der Waals surface area contributed by atoms with Crippen molar-refractivity contribution in [3.05, 3.63) is 24.3 Å². The zero-order chi connectivity index (χ0) is 9.80. The van der Waals surface area contributed by atoms with E-state index in [0.29, 0.717) is 12.2 Å². The van der Waals surface area contributed by atoms with Crippen molar-refractivity contribution in [2.75, 3.05) is 19.6 Å². The van der Waals surface area contributed by atoms with Crippen LogP contribution in [-0.2, 0) is 0 Å². The molecule has 1 aromatic heterocycles. The lowest BCUT2D eigenvalue weighted by Gasteiger charge is -2.12. The van der Waals surface area contributed by atoms with Gasteiger partial charge in [-0.3, -0.25) is 14.7 Å². The zero-order valence-corrected chi connectivity index (χ0v) is 8.02. The molecule has 1 aromatic rings. The highest BCUT2D eigenvalue weighted by molar-refractivity contribution is 5.95. The number of carbonyl (C=O) groups excluding carboxylic acids is 1. The molecule has 2 heterocycles. The molecule has 14 heavy (non-hydrogen) atoms. The second-order valence-electron chi connectivity index (χ2n) is 3.50. The molecule has 0 atom stereocenters. The van der Waals surface area contributed by atoms with Crippen LogP contribution in [0.5, 0.6) is 0 Å². The Morgan fingerprint density at radius 2 is 2.14 bits per heavy atom. The van der Waals surface area contributed by atoms with Crippen LogP contribution >= 0.6 is 0 Å². The second kappa shape index (κ2) is 4.28. The Balaban J connectivity index is 1.95. The van der Waals surface area contributed by atoms with Crippen LogP contribution in [-0.4, -0.2) is 40.3 Å². The number of ketones is 1. The van der Waals surface area contributed by atoms with E-state index >= 15 is 0 Å². The summed E-state index contributed by atoms with van der Waals surface area (Å²) in [6.07, 6.45) is 7.06. The van der Waals surface area contributed by atoms with Gasteiger partial charge in [-0.15, -0.1) is 0 Å². The number of aromatic nitrogens is 2. The van der Waals surface area contributed by atoms with E-state index in [1.165, 1.54) is 19.0 Å². The first-order valence-electron chi connectivity index (χ1n) is 4.88. The summed E-state index contributed by atoms with van der Waals surface area (Å²) >= 11 is 0. The zero-order valence-electron chi connectivity index (χ0n) is 8.02. The third-order valence-electron chi connectivity index (χ3n) is 2.41. The van der Waals surface area contributed by atoms with Crippen LogP contribution in [0.3, 0.4) is 0 Å². The van der Waals surface area contributed by atoms with E-state index in [4.69, 9.17) is 0 Å². The van der Waals surface area contributed by atoms with Crippen molar-refractivity contribution in [1.29, 1.82) is 0 Å². The summed E-state index contributed by atoms with van der Waals surface area (Å²) in [5.74, 6) is 0.0694. The van der Waals surface area contributed by atoms with Crippen molar-refractivity contribution >= 4 is 5.78 Å². The van der Waals surface area contributed by atoms with Crippen molar-refractivity contribution < 1.29 is 4.79 Å². The smallest absolute Gasteiger partial charge is 0.196 e. The fraction of sp³-hybridized carbons (Fsp3) is 0.500. The molecule has 74 valence electrons. The van der Waals surface area contributed by atoms with E-state index in [9.17, 15) is 4.79 Å². The third kappa shape index (κ3) is 2.14. The molecule has 1 fully saturated rings. The van der Waals surface area contributed by atoms with Crippen molar-refractivity contribution in [3.8, 4) is 0 Å². The first kappa shape index (κ1) is 9.27. The number of nitrogens with zero attached hydrogens (tertiary/aromatic N) is 3. The largest absolute Gasteiger partial charge is 0.296 e. The van der Waals surface area contributed by atoms with Crippen molar-refractivity contribution in [2.24, 2.45) is 0 Å². The lowest BCUT2D eigenvalue weighted by Crippen LogP contribution is -2.27. The third-order valence-corrected chi connectivity index (χ3v) is 2.41. The van der Waals surface area contributed by atoms with Crippen molar-refractivity contribution in [2.45, 2.75) is 12.8 Å². The second-order valence-corrected chi connectivity index (χ2v) is 3.50. The minimum Gasteiger partial charge on any atom is -0.296 e. The number of hydrogen-bond donors (Lipinski definition) is 0.